The summed E-state index contributed by atoms with van der Waals surface area (Å²) in [4.78, 5) is 10.6. The number of rotatable bonds is 5. The quantitative estimate of drug-likeness (QED) is 0.234. The summed E-state index contributed by atoms with van der Waals surface area (Å²) in [7, 11) is 0. The summed E-state index contributed by atoms with van der Waals surface area (Å²) in [5.74, 6) is -1.41. The van der Waals surface area contributed by atoms with E-state index in [1.54, 1.807) is 0 Å². The molecule has 15 heavy (non-hydrogen) atoms. The zero-order chi connectivity index (χ0) is 12.0. The molecule has 0 saturated carbocycles. The van der Waals surface area contributed by atoms with E-state index < -0.39 is 29.8 Å². The molecule has 0 aromatic heterocycles. The van der Waals surface area contributed by atoms with Gasteiger partial charge >= 0.3 is 0 Å². The van der Waals surface area contributed by atoms with Crippen molar-refractivity contribution < 1.29 is 30.3 Å². The SMILES string of the molecule is CC(=O)N/C(=C(\O)C(O)CCO)C(O)O. The van der Waals surface area contributed by atoms with Crippen molar-refractivity contribution in [1.29, 1.82) is 0 Å². The predicted molar refractivity (Wildman–Crippen MR) is 49.4 cm³/mol. The van der Waals surface area contributed by atoms with Crippen molar-refractivity contribution >= 4 is 5.91 Å². The molecule has 0 aromatic carbocycles. The van der Waals surface area contributed by atoms with Crippen molar-refractivity contribution in [2.75, 3.05) is 6.61 Å². The van der Waals surface area contributed by atoms with Crippen LogP contribution in [0, 0.1) is 0 Å². The van der Waals surface area contributed by atoms with Crippen LogP contribution in [0.15, 0.2) is 11.5 Å². The van der Waals surface area contributed by atoms with E-state index in [4.69, 9.17) is 15.3 Å². The number of hydrogen-bond acceptors (Lipinski definition) is 6. The highest BCUT2D eigenvalue weighted by Crippen LogP contribution is 2.09. The Kier molecular flexibility index (Phi) is 5.87. The fraction of sp³-hybridized carbons (Fsp3) is 0.625. The number of nitrogens with one attached hydrogen (secondary N) is 1. The third kappa shape index (κ3) is 4.75. The molecule has 7 heteroatoms. The van der Waals surface area contributed by atoms with Gasteiger partial charge in [0.1, 0.15) is 17.6 Å². The molecule has 0 fully saturated rings. The maximum absolute atomic E-state index is 10.6. The molecule has 0 aliphatic carbocycles. The summed E-state index contributed by atoms with van der Waals surface area (Å²) in [5, 5.41) is 46.6. The number of hydrogen-bond donors (Lipinski definition) is 6. The van der Waals surface area contributed by atoms with E-state index in [2.05, 4.69) is 0 Å². The first-order valence-corrected chi connectivity index (χ1v) is 4.25. The number of carbonyl (C=O) groups is 1. The molecule has 88 valence electrons. The molecule has 0 bridgehead atoms. The van der Waals surface area contributed by atoms with Crippen LogP contribution >= 0.6 is 0 Å². The summed E-state index contributed by atoms with van der Waals surface area (Å²) in [6.45, 7) is 0.716. The average Bonchev–Trinajstić information content (AvgIpc) is 2.12. The molecule has 1 amide bonds. The minimum atomic E-state index is -2.11. The Balaban J connectivity index is 4.82. The van der Waals surface area contributed by atoms with E-state index in [0.29, 0.717) is 0 Å². The van der Waals surface area contributed by atoms with Gasteiger partial charge in [-0.05, 0) is 0 Å². The molecule has 1 atom stereocenters. The van der Waals surface area contributed by atoms with Crippen molar-refractivity contribution in [2.45, 2.75) is 25.7 Å². The summed E-state index contributed by atoms with van der Waals surface area (Å²) >= 11 is 0. The standard InChI is InChI=1S/C8H15NO6/c1-4(11)9-6(8(14)15)7(13)5(12)2-3-10/h5,8,10,12-15H,2-3H2,1H3,(H,9,11)/b7-6-. The zero-order valence-corrected chi connectivity index (χ0v) is 8.21. The maximum atomic E-state index is 10.6. The third-order valence-corrected chi connectivity index (χ3v) is 1.56. The van der Waals surface area contributed by atoms with Crippen molar-refractivity contribution in [2.24, 2.45) is 0 Å². The van der Waals surface area contributed by atoms with Gasteiger partial charge in [-0.15, -0.1) is 0 Å². The second-order valence-corrected chi connectivity index (χ2v) is 2.88. The van der Waals surface area contributed by atoms with Gasteiger partial charge in [-0.3, -0.25) is 4.79 Å². The van der Waals surface area contributed by atoms with Gasteiger partial charge in [-0.25, -0.2) is 0 Å². The molecule has 0 spiro atoms. The molecular formula is C8H15NO6. The Morgan fingerprint density at radius 2 is 1.87 bits per heavy atom. The molecule has 0 saturated heterocycles. The number of amides is 1. The van der Waals surface area contributed by atoms with Crippen LogP contribution in [0.4, 0.5) is 0 Å². The largest absolute Gasteiger partial charge is 0.508 e. The zero-order valence-electron chi connectivity index (χ0n) is 8.21. The van der Waals surface area contributed by atoms with Gasteiger partial charge in [0.15, 0.2) is 6.29 Å². The van der Waals surface area contributed by atoms with Gasteiger partial charge < -0.3 is 30.8 Å². The van der Waals surface area contributed by atoms with Crippen molar-refractivity contribution in [1.82, 2.24) is 5.32 Å². The van der Waals surface area contributed by atoms with Gasteiger partial charge in [-0.2, -0.15) is 0 Å². The lowest BCUT2D eigenvalue weighted by Gasteiger charge is -2.16. The van der Waals surface area contributed by atoms with Crippen molar-refractivity contribution in [3.8, 4) is 0 Å². The van der Waals surface area contributed by atoms with E-state index >= 15 is 0 Å². The number of carbonyl (C=O) groups excluding carboxylic acids is 1. The topological polar surface area (TPSA) is 130 Å². The van der Waals surface area contributed by atoms with Gasteiger partial charge in [0.05, 0.1) is 0 Å². The lowest BCUT2D eigenvalue weighted by Crippen LogP contribution is -2.32. The van der Waals surface area contributed by atoms with Gasteiger partial charge in [0.25, 0.3) is 0 Å². The summed E-state index contributed by atoms with van der Waals surface area (Å²) in [6, 6.07) is 0. The fourth-order valence-electron chi connectivity index (χ4n) is 0.889. The Morgan fingerprint density at radius 3 is 2.20 bits per heavy atom. The van der Waals surface area contributed by atoms with E-state index in [9.17, 15) is 15.0 Å². The molecule has 0 radical (unpaired) electrons. The van der Waals surface area contributed by atoms with Crippen LogP contribution in [0.2, 0.25) is 0 Å². The van der Waals surface area contributed by atoms with E-state index in [1.807, 2.05) is 5.32 Å². The lowest BCUT2D eigenvalue weighted by atomic mass is 10.2. The molecule has 0 heterocycles. The predicted octanol–water partition coefficient (Wildman–Crippen LogP) is -2.05. The average molecular weight is 221 g/mol. The molecule has 0 aromatic rings. The van der Waals surface area contributed by atoms with Gasteiger partial charge in [0, 0.05) is 20.0 Å². The van der Waals surface area contributed by atoms with E-state index in [1.165, 1.54) is 0 Å². The second-order valence-electron chi connectivity index (χ2n) is 2.88. The summed E-state index contributed by atoms with van der Waals surface area (Å²) in [5.41, 5.74) is -0.594. The normalized spacial score (nSPS) is 14.8. The van der Waals surface area contributed by atoms with Crippen LogP contribution in [0.5, 0.6) is 0 Å². The highest BCUT2D eigenvalue weighted by Gasteiger charge is 2.20. The van der Waals surface area contributed by atoms with Crippen LogP contribution in [0.3, 0.4) is 0 Å². The van der Waals surface area contributed by atoms with Crippen LogP contribution in [0.1, 0.15) is 13.3 Å². The second kappa shape index (κ2) is 6.36. The highest BCUT2D eigenvalue weighted by atomic mass is 16.5. The van der Waals surface area contributed by atoms with Crippen LogP contribution in [0.25, 0.3) is 0 Å². The minimum absolute atomic E-state index is 0.179. The summed E-state index contributed by atoms with van der Waals surface area (Å²) in [6.07, 6.45) is -3.75. The Hall–Kier alpha value is -1.15. The van der Waals surface area contributed by atoms with Gasteiger partial charge in [-0.1, -0.05) is 0 Å². The molecule has 6 N–H and O–H groups in total. The van der Waals surface area contributed by atoms with Crippen LogP contribution in [-0.2, 0) is 4.79 Å². The Labute approximate surface area is 86.3 Å². The van der Waals surface area contributed by atoms with Crippen LogP contribution < -0.4 is 5.32 Å². The van der Waals surface area contributed by atoms with E-state index in [-0.39, 0.29) is 13.0 Å². The van der Waals surface area contributed by atoms with Gasteiger partial charge in [0.2, 0.25) is 5.91 Å². The Morgan fingerprint density at radius 1 is 1.33 bits per heavy atom. The highest BCUT2D eigenvalue weighted by molar-refractivity contribution is 5.75. The van der Waals surface area contributed by atoms with Crippen molar-refractivity contribution in [3.05, 3.63) is 11.5 Å². The fourth-order valence-corrected chi connectivity index (χ4v) is 0.889. The molecule has 0 rings (SSSR count). The molecule has 0 aliphatic heterocycles. The minimum Gasteiger partial charge on any atom is -0.508 e. The first-order valence-electron chi connectivity index (χ1n) is 4.25. The molecular weight excluding hydrogens is 206 g/mol. The smallest absolute Gasteiger partial charge is 0.221 e. The first-order chi connectivity index (χ1) is 6.90. The van der Waals surface area contributed by atoms with Crippen molar-refractivity contribution in [3.63, 3.8) is 0 Å². The summed E-state index contributed by atoms with van der Waals surface area (Å²) < 4.78 is 0. The molecule has 0 aliphatic rings. The molecule has 7 nitrogen and oxygen atoms in total. The van der Waals surface area contributed by atoms with Crippen LogP contribution in [-0.4, -0.2) is 50.4 Å². The third-order valence-electron chi connectivity index (χ3n) is 1.56. The molecule has 1 unspecified atom stereocenters. The lowest BCUT2D eigenvalue weighted by molar-refractivity contribution is -0.119. The van der Waals surface area contributed by atoms with E-state index in [0.717, 1.165) is 6.92 Å². The monoisotopic (exact) mass is 221 g/mol. The number of aliphatic hydroxyl groups excluding tert-OH is 4. The Bertz CT molecular complexity index is 250. The maximum Gasteiger partial charge on any atom is 0.221 e. The number of aliphatic hydroxyl groups is 5. The first kappa shape index (κ1) is 13.8.